The third-order valence-electron chi connectivity index (χ3n) is 5.70. The minimum Gasteiger partial charge on any atom is -0.496 e. The Kier molecular flexibility index (Phi) is 8.35. The molecule has 0 saturated carbocycles. The molecule has 0 spiro atoms. The van der Waals surface area contributed by atoms with Crippen LogP contribution in [-0.4, -0.2) is 50.2 Å². The van der Waals surface area contributed by atoms with Gasteiger partial charge in [0.15, 0.2) is 0 Å². The number of esters is 1. The van der Waals surface area contributed by atoms with Crippen molar-refractivity contribution in [1.29, 1.82) is 0 Å². The fourth-order valence-electron chi connectivity index (χ4n) is 4.02. The van der Waals surface area contributed by atoms with Crippen LogP contribution in [0.15, 0.2) is 53.7 Å². The van der Waals surface area contributed by atoms with Crippen LogP contribution in [0.25, 0.3) is 0 Å². The van der Waals surface area contributed by atoms with Crippen molar-refractivity contribution in [3.63, 3.8) is 0 Å². The molecule has 0 aromatic heterocycles. The van der Waals surface area contributed by atoms with Gasteiger partial charge in [-0.05, 0) is 50.1 Å². The van der Waals surface area contributed by atoms with Crippen LogP contribution >= 0.6 is 0 Å². The van der Waals surface area contributed by atoms with Crippen molar-refractivity contribution in [2.24, 2.45) is 0 Å². The molecule has 0 radical (unpaired) electrons. The zero-order chi connectivity index (χ0) is 25.5. The van der Waals surface area contributed by atoms with Gasteiger partial charge in [-0.25, -0.2) is 9.59 Å². The van der Waals surface area contributed by atoms with Crippen molar-refractivity contribution in [2.45, 2.75) is 33.2 Å². The third-order valence-corrected chi connectivity index (χ3v) is 5.70. The van der Waals surface area contributed by atoms with E-state index in [1.807, 2.05) is 6.92 Å². The van der Waals surface area contributed by atoms with E-state index in [9.17, 15) is 14.4 Å². The number of anilines is 1. The Morgan fingerprint density at radius 1 is 1.03 bits per heavy atom. The predicted octanol–water partition coefficient (Wildman–Crippen LogP) is 4.27. The lowest BCUT2D eigenvalue weighted by molar-refractivity contribution is -0.139. The molecule has 1 heterocycles. The van der Waals surface area contributed by atoms with Crippen LogP contribution < -0.4 is 20.1 Å². The molecule has 0 saturated heterocycles. The number of hydrogen-bond acceptors (Lipinski definition) is 6. The van der Waals surface area contributed by atoms with Crippen LogP contribution in [0.1, 0.15) is 49.2 Å². The maximum Gasteiger partial charge on any atom is 0.338 e. The first-order valence-electron chi connectivity index (χ1n) is 11.4. The SMILES string of the molecule is CCCN1C(=O)NC(c2ccc(NC(=O)c3c(OC)cccc3OC)cc2)C(C(=O)OCC)=C1C. The molecule has 2 aromatic carbocycles. The van der Waals surface area contributed by atoms with Gasteiger partial charge in [0.1, 0.15) is 17.1 Å². The number of carbonyl (C=O) groups excluding carboxylic acids is 3. The number of urea groups is 1. The molecule has 35 heavy (non-hydrogen) atoms. The maximum atomic E-state index is 13.0. The topological polar surface area (TPSA) is 106 Å². The van der Waals surface area contributed by atoms with Crippen LogP contribution in [-0.2, 0) is 9.53 Å². The number of amides is 3. The van der Waals surface area contributed by atoms with Gasteiger partial charge in [0.25, 0.3) is 5.91 Å². The van der Waals surface area contributed by atoms with Gasteiger partial charge in [0.2, 0.25) is 0 Å². The lowest BCUT2D eigenvalue weighted by Gasteiger charge is -2.35. The largest absolute Gasteiger partial charge is 0.496 e. The van der Waals surface area contributed by atoms with Gasteiger partial charge in [-0.3, -0.25) is 9.69 Å². The molecule has 1 aliphatic rings. The average Bonchev–Trinajstić information content (AvgIpc) is 2.86. The molecule has 0 bridgehead atoms. The number of methoxy groups -OCH3 is 2. The molecule has 9 nitrogen and oxygen atoms in total. The van der Waals surface area contributed by atoms with Crippen LogP contribution in [0, 0.1) is 0 Å². The van der Waals surface area contributed by atoms with Crippen LogP contribution in [0.3, 0.4) is 0 Å². The quantitative estimate of drug-likeness (QED) is 0.518. The molecule has 9 heteroatoms. The summed E-state index contributed by atoms with van der Waals surface area (Å²) in [6, 6.07) is 11.1. The van der Waals surface area contributed by atoms with Gasteiger partial charge in [-0.1, -0.05) is 25.1 Å². The van der Waals surface area contributed by atoms with Crippen molar-refractivity contribution in [3.8, 4) is 11.5 Å². The molecule has 2 N–H and O–H groups in total. The minimum atomic E-state index is -0.672. The fraction of sp³-hybridized carbons (Fsp3) is 0.346. The molecular weight excluding hydrogens is 450 g/mol. The van der Waals surface area contributed by atoms with E-state index in [2.05, 4.69) is 10.6 Å². The molecule has 1 atom stereocenters. The van der Waals surface area contributed by atoms with Crippen LogP contribution in [0.2, 0.25) is 0 Å². The highest BCUT2D eigenvalue weighted by Crippen LogP contribution is 2.33. The Hall–Kier alpha value is -4.01. The number of rotatable bonds is 9. The van der Waals surface area contributed by atoms with Crippen LogP contribution in [0.4, 0.5) is 10.5 Å². The molecule has 3 amide bonds. The fourth-order valence-corrected chi connectivity index (χ4v) is 4.02. The lowest BCUT2D eigenvalue weighted by atomic mass is 9.94. The van der Waals surface area contributed by atoms with E-state index in [-0.39, 0.29) is 18.2 Å². The number of carbonyl (C=O) groups is 3. The lowest BCUT2D eigenvalue weighted by Crippen LogP contribution is -2.48. The van der Waals surface area contributed by atoms with E-state index < -0.39 is 17.9 Å². The maximum absolute atomic E-state index is 13.0. The van der Waals surface area contributed by atoms with E-state index in [4.69, 9.17) is 14.2 Å². The Balaban J connectivity index is 1.89. The molecule has 2 aromatic rings. The molecule has 3 rings (SSSR count). The van der Waals surface area contributed by atoms with E-state index in [1.54, 1.807) is 61.2 Å². The number of allylic oxidation sites excluding steroid dienone is 1. The number of ether oxygens (including phenoxy) is 3. The average molecular weight is 482 g/mol. The first-order valence-corrected chi connectivity index (χ1v) is 11.4. The summed E-state index contributed by atoms with van der Waals surface area (Å²) in [7, 11) is 2.97. The summed E-state index contributed by atoms with van der Waals surface area (Å²) >= 11 is 0. The molecule has 0 aliphatic carbocycles. The van der Waals surface area contributed by atoms with Gasteiger partial charge < -0.3 is 24.8 Å². The van der Waals surface area contributed by atoms with Crippen LogP contribution in [0.5, 0.6) is 11.5 Å². The summed E-state index contributed by atoms with van der Waals surface area (Å²) in [5.74, 6) is -0.0904. The monoisotopic (exact) mass is 481 g/mol. The van der Waals surface area contributed by atoms with Gasteiger partial charge in [0, 0.05) is 17.9 Å². The summed E-state index contributed by atoms with van der Waals surface area (Å²) in [4.78, 5) is 40.1. The second-order valence-corrected chi connectivity index (χ2v) is 7.87. The highest BCUT2D eigenvalue weighted by Gasteiger charge is 2.36. The number of benzene rings is 2. The number of nitrogens with zero attached hydrogens (tertiary/aromatic N) is 1. The summed E-state index contributed by atoms with van der Waals surface area (Å²) in [6.45, 7) is 6.17. The Morgan fingerprint density at radius 3 is 2.20 bits per heavy atom. The summed E-state index contributed by atoms with van der Waals surface area (Å²) in [5, 5.41) is 5.75. The standard InChI is InChI=1S/C26H31N3O6/c1-6-15-29-16(3)21(25(31)35-7-2)23(28-26(29)32)17-11-13-18(14-12-17)27-24(30)22-19(33-4)9-8-10-20(22)34-5/h8-14,23H,6-7,15H2,1-5H3,(H,27,30)(H,28,32). The number of nitrogens with one attached hydrogen (secondary N) is 2. The van der Waals surface area contributed by atoms with E-state index >= 15 is 0 Å². The first kappa shape index (κ1) is 25.6. The summed E-state index contributed by atoms with van der Waals surface area (Å²) in [6.07, 6.45) is 0.747. The third kappa shape index (κ3) is 5.40. The summed E-state index contributed by atoms with van der Waals surface area (Å²) < 4.78 is 15.9. The van der Waals surface area contributed by atoms with Crippen molar-refractivity contribution < 1.29 is 28.6 Å². The van der Waals surface area contributed by atoms with Crippen molar-refractivity contribution >= 4 is 23.6 Å². The van der Waals surface area contributed by atoms with Gasteiger partial charge in [-0.2, -0.15) is 0 Å². The molecular formula is C26H31N3O6. The Morgan fingerprint density at radius 2 is 1.66 bits per heavy atom. The second-order valence-electron chi connectivity index (χ2n) is 7.87. The van der Waals surface area contributed by atoms with E-state index in [0.717, 1.165) is 6.42 Å². The molecule has 1 unspecified atom stereocenters. The highest BCUT2D eigenvalue weighted by molar-refractivity contribution is 6.08. The minimum absolute atomic E-state index is 0.224. The van der Waals surface area contributed by atoms with Gasteiger partial charge >= 0.3 is 12.0 Å². The highest BCUT2D eigenvalue weighted by atomic mass is 16.5. The molecule has 0 fully saturated rings. The Bertz CT molecular complexity index is 1100. The van der Waals surface area contributed by atoms with E-state index in [1.165, 1.54) is 14.2 Å². The smallest absolute Gasteiger partial charge is 0.338 e. The van der Waals surface area contributed by atoms with Gasteiger partial charge in [-0.15, -0.1) is 0 Å². The molecule has 186 valence electrons. The van der Waals surface area contributed by atoms with E-state index in [0.29, 0.717) is 40.6 Å². The zero-order valence-corrected chi connectivity index (χ0v) is 20.6. The Labute approximate surface area is 205 Å². The first-order chi connectivity index (χ1) is 16.9. The van der Waals surface area contributed by atoms with Crippen molar-refractivity contribution in [1.82, 2.24) is 10.2 Å². The molecule has 1 aliphatic heterocycles. The van der Waals surface area contributed by atoms with Crippen molar-refractivity contribution in [3.05, 3.63) is 64.9 Å². The predicted molar refractivity (Wildman–Crippen MR) is 132 cm³/mol. The van der Waals surface area contributed by atoms with Crippen molar-refractivity contribution in [2.75, 3.05) is 32.7 Å². The van der Waals surface area contributed by atoms with Gasteiger partial charge in [0.05, 0.1) is 32.4 Å². The zero-order valence-electron chi connectivity index (χ0n) is 20.6. The second kappa shape index (κ2) is 11.4. The number of hydrogen-bond donors (Lipinski definition) is 2. The normalized spacial score (nSPS) is 15.4. The summed E-state index contributed by atoms with van der Waals surface area (Å²) in [5.41, 5.74) is 2.44.